The molecule has 0 spiro atoms. The van der Waals surface area contributed by atoms with Crippen LogP contribution in [0.15, 0.2) is 54.7 Å². The highest BCUT2D eigenvalue weighted by molar-refractivity contribution is 6.32. The van der Waals surface area contributed by atoms with E-state index in [9.17, 15) is 4.79 Å². The van der Waals surface area contributed by atoms with Gasteiger partial charge >= 0.3 is 0 Å². The van der Waals surface area contributed by atoms with Crippen molar-refractivity contribution in [2.75, 3.05) is 31.1 Å². The Labute approximate surface area is 204 Å². The number of carbonyl (C=O) groups is 1. The van der Waals surface area contributed by atoms with Crippen molar-refractivity contribution >= 4 is 34.4 Å². The van der Waals surface area contributed by atoms with Crippen molar-refractivity contribution in [3.63, 3.8) is 0 Å². The van der Waals surface area contributed by atoms with Crippen LogP contribution in [0.5, 0.6) is 0 Å². The van der Waals surface area contributed by atoms with E-state index in [1.807, 2.05) is 66.6 Å². The highest BCUT2D eigenvalue weighted by Crippen LogP contribution is 2.30. The lowest BCUT2D eigenvalue weighted by Gasteiger charge is -2.35. The lowest BCUT2D eigenvalue weighted by molar-refractivity contribution is 0.0746. The van der Waals surface area contributed by atoms with Crippen molar-refractivity contribution in [1.29, 1.82) is 0 Å². The molecule has 1 fully saturated rings. The number of rotatable bonds is 4. The van der Waals surface area contributed by atoms with Gasteiger partial charge in [-0.2, -0.15) is 5.10 Å². The highest BCUT2D eigenvalue weighted by Gasteiger charge is 2.26. The van der Waals surface area contributed by atoms with E-state index in [2.05, 4.69) is 23.8 Å². The Morgan fingerprint density at radius 2 is 1.68 bits per heavy atom. The number of aryl methyl sites for hydroxylation is 1. The average molecular weight is 475 g/mol. The Bertz CT molecular complexity index is 1340. The van der Waals surface area contributed by atoms with Gasteiger partial charge in [0.25, 0.3) is 5.91 Å². The Morgan fingerprint density at radius 3 is 2.35 bits per heavy atom. The van der Waals surface area contributed by atoms with Crippen LogP contribution in [0.1, 0.15) is 41.5 Å². The summed E-state index contributed by atoms with van der Waals surface area (Å²) in [6, 6.07) is 15.4. The van der Waals surface area contributed by atoms with Crippen LogP contribution in [0.2, 0.25) is 5.02 Å². The average Bonchev–Trinajstić information content (AvgIpc) is 3.28. The fourth-order valence-electron chi connectivity index (χ4n) is 4.21. The molecule has 34 heavy (non-hydrogen) atoms. The van der Waals surface area contributed by atoms with Crippen LogP contribution in [0, 0.1) is 6.92 Å². The number of benzene rings is 2. The van der Waals surface area contributed by atoms with Crippen LogP contribution in [0.4, 0.5) is 5.82 Å². The lowest BCUT2D eigenvalue weighted by Crippen LogP contribution is -2.49. The van der Waals surface area contributed by atoms with Gasteiger partial charge in [0.15, 0.2) is 5.65 Å². The van der Waals surface area contributed by atoms with E-state index in [4.69, 9.17) is 21.6 Å². The Balaban J connectivity index is 1.45. The van der Waals surface area contributed by atoms with Gasteiger partial charge in [-0.1, -0.05) is 55.3 Å². The first kappa shape index (κ1) is 22.3. The number of amides is 1. The Morgan fingerprint density at radius 1 is 0.971 bits per heavy atom. The molecule has 0 atom stereocenters. The number of carbonyl (C=O) groups excluding carboxylic acids is 1. The molecule has 1 saturated heterocycles. The van der Waals surface area contributed by atoms with Gasteiger partial charge in [-0.05, 0) is 31.2 Å². The van der Waals surface area contributed by atoms with Crippen LogP contribution < -0.4 is 4.90 Å². The summed E-state index contributed by atoms with van der Waals surface area (Å²) in [6.45, 7) is 8.84. The molecule has 0 saturated carbocycles. The maximum atomic E-state index is 13.0. The minimum Gasteiger partial charge on any atom is -0.352 e. The molecule has 7 nitrogen and oxygen atoms in total. The summed E-state index contributed by atoms with van der Waals surface area (Å²) in [7, 11) is 0. The van der Waals surface area contributed by atoms with Gasteiger partial charge in [-0.15, -0.1) is 0 Å². The lowest BCUT2D eigenvalue weighted by atomic mass is 10.1. The third-order valence-corrected chi connectivity index (χ3v) is 6.51. The molecule has 2 aromatic heterocycles. The van der Waals surface area contributed by atoms with E-state index in [0.29, 0.717) is 31.2 Å². The summed E-state index contributed by atoms with van der Waals surface area (Å²) in [4.78, 5) is 26.9. The maximum Gasteiger partial charge on any atom is 0.253 e. The number of halogens is 1. The molecule has 174 valence electrons. The molecule has 0 unspecified atom stereocenters. The fraction of sp³-hybridized carbons (Fsp3) is 0.308. The van der Waals surface area contributed by atoms with Crippen molar-refractivity contribution in [3.05, 3.63) is 76.7 Å². The van der Waals surface area contributed by atoms with Gasteiger partial charge in [0.2, 0.25) is 0 Å². The minimum atomic E-state index is 0.0712. The maximum absolute atomic E-state index is 13.0. The smallest absolute Gasteiger partial charge is 0.253 e. The van der Waals surface area contributed by atoms with Gasteiger partial charge in [0.05, 0.1) is 22.3 Å². The van der Waals surface area contributed by atoms with Gasteiger partial charge in [-0.25, -0.2) is 14.6 Å². The summed E-state index contributed by atoms with van der Waals surface area (Å²) in [5, 5.41) is 6.10. The van der Waals surface area contributed by atoms with Crippen molar-refractivity contribution in [3.8, 4) is 5.69 Å². The second kappa shape index (κ2) is 9.06. The molecule has 5 rings (SSSR count). The first-order chi connectivity index (χ1) is 16.4. The summed E-state index contributed by atoms with van der Waals surface area (Å²) < 4.78 is 1.78. The first-order valence-corrected chi connectivity index (χ1v) is 11.9. The minimum absolute atomic E-state index is 0.0712. The number of aromatic nitrogens is 4. The second-order valence-corrected chi connectivity index (χ2v) is 9.36. The van der Waals surface area contributed by atoms with Crippen molar-refractivity contribution in [1.82, 2.24) is 24.6 Å². The monoisotopic (exact) mass is 474 g/mol. The van der Waals surface area contributed by atoms with E-state index in [1.54, 1.807) is 4.68 Å². The first-order valence-electron chi connectivity index (χ1n) is 11.5. The van der Waals surface area contributed by atoms with Crippen LogP contribution in [-0.2, 0) is 0 Å². The van der Waals surface area contributed by atoms with E-state index >= 15 is 0 Å². The van der Waals surface area contributed by atoms with Gasteiger partial charge in [-0.3, -0.25) is 4.79 Å². The number of fused-ring (bicyclic) bond motifs is 1. The third kappa shape index (κ3) is 4.12. The Hall–Kier alpha value is -3.45. The summed E-state index contributed by atoms with van der Waals surface area (Å²) in [6.07, 6.45) is 1.81. The molecular formula is C26H27ClN6O. The second-order valence-electron chi connectivity index (χ2n) is 8.95. The molecule has 0 aliphatic carbocycles. The van der Waals surface area contributed by atoms with E-state index in [-0.39, 0.29) is 11.8 Å². The van der Waals surface area contributed by atoms with E-state index in [0.717, 1.165) is 39.5 Å². The number of hydrogen-bond donors (Lipinski definition) is 0. The summed E-state index contributed by atoms with van der Waals surface area (Å²) in [5.74, 6) is 1.84. The molecule has 3 heterocycles. The van der Waals surface area contributed by atoms with Crippen LogP contribution in [0.25, 0.3) is 16.7 Å². The topological polar surface area (TPSA) is 67.2 Å². The molecule has 8 heteroatoms. The number of hydrogen-bond acceptors (Lipinski definition) is 5. The predicted molar refractivity (Wildman–Crippen MR) is 135 cm³/mol. The number of piperazine rings is 1. The largest absolute Gasteiger partial charge is 0.352 e. The van der Waals surface area contributed by atoms with E-state index < -0.39 is 0 Å². The highest BCUT2D eigenvalue weighted by atomic mass is 35.5. The van der Waals surface area contributed by atoms with Crippen LogP contribution in [0.3, 0.4) is 0 Å². The quantitative estimate of drug-likeness (QED) is 0.422. The zero-order chi connectivity index (χ0) is 23.8. The SMILES string of the molecule is Cc1ccc(C(=O)N2CCN(c3nc(C(C)C)nc4c3cnn4-c3ccccc3Cl)CC2)cc1. The standard InChI is InChI=1S/C26H27ClN6O/c1-17(2)23-29-24(20-16-28-33(25(20)30-23)22-7-5-4-6-21(22)27)31-12-14-32(15-13-31)26(34)19-10-8-18(3)9-11-19/h4-11,16-17H,12-15H2,1-3H3. The van der Waals surface area contributed by atoms with Crippen molar-refractivity contribution < 1.29 is 4.79 Å². The molecule has 1 aliphatic heterocycles. The molecule has 0 N–H and O–H groups in total. The molecule has 0 bridgehead atoms. The zero-order valence-electron chi connectivity index (χ0n) is 19.6. The zero-order valence-corrected chi connectivity index (χ0v) is 20.3. The molecular weight excluding hydrogens is 448 g/mol. The number of para-hydroxylation sites is 1. The van der Waals surface area contributed by atoms with Crippen LogP contribution >= 0.6 is 11.6 Å². The van der Waals surface area contributed by atoms with Gasteiger partial charge in [0.1, 0.15) is 11.6 Å². The normalized spacial score (nSPS) is 14.3. The summed E-state index contributed by atoms with van der Waals surface area (Å²) >= 11 is 6.46. The molecule has 4 aromatic rings. The predicted octanol–water partition coefficient (Wildman–Crippen LogP) is 4.86. The van der Waals surface area contributed by atoms with Gasteiger partial charge in [0, 0.05) is 37.7 Å². The van der Waals surface area contributed by atoms with E-state index in [1.165, 1.54) is 0 Å². The Kier molecular flexibility index (Phi) is 5.96. The fourth-order valence-corrected chi connectivity index (χ4v) is 4.42. The molecule has 2 aromatic carbocycles. The third-order valence-electron chi connectivity index (χ3n) is 6.19. The van der Waals surface area contributed by atoms with Crippen molar-refractivity contribution in [2.24, 2.45) is 0 Å². The number of nitrogens with zero attached hydrogens (tertiary/aromatic N) is 6. The summed E-state index contributed by atoms with van der Waals surface area (Å²) in [5.41, 5.74) is 3.39. The molecule has 1 amide bonds. The number of anilines is 1. The van der Waals surface area contributed by atoms with Gasteiger partial charge < -0.3 is 9.80 Å². The molecule has 1 aliphatic rings. The molecule has 0 radical (unpaired) electrons. The van der Waals surface area contributed by atoms with Crippen LogP contribution in [-0.4, -0.2) is 56.7 Å². The van der Waals surface area contributed by atoms with Crippen molar-refractivity contribution in [2.45, 2.75) is 26.7 Å².